The molecule has 0 unspecified atom stereocenters. The summed E-state index contributed by atoms with van der Waals surface area (Å²) in [5, 5.41) is 3.91. The van der Waals surface area contributed by atoms with Crippen molar-refractivity contribution in [3.63, 3.8) is 0 Å². The number of aryl methyl sites for hydroxylation is 1. The molecule has 1 saturated heterocycles. The van der Waals surface area contributed by atoms with Crippen LogP contribution in [-0.4, -0.2) is 32.0 Å². The Hall–Kier alpha value is -1.69. The lowest BCUT2D eigenvalue weighted by Crippen LogP contribution is -2.21. The van der Waals surface area contributed by atoms with Crippen LogP contribution in [0.3, 0.4) is 0 Å². The van der Waals surface area contributed by atoms with E-state index in [9.17, 15) is 13.2 Å². The molecule has 1 fully saturated rings. The van der Waals surface area contributed by atoms with Crippen molar-refractivity contribution in [2.45, 2.75) is 19.8 Å². The fraction of sp³-hybridized carbons (Fsp3) is 0.429. The molecular weight excluding hydrogens is 276 g/mol. The van der Waals surface area contributed by atoms with Crippen LogP contribution in [0.4, 0.5) is 0 Å². The number of carbonyl (C=O) groups excluding carboxylic acids is 1. The minimum atomic E-state index is -2.93. The number of amides is 1. The lowest BCUT2D eigenvalue weighted by Gasteiger charge is -2.05. The maximum absolute atomic E-state index is 11.7. The molecule has 0 spiro atoms. The second-order valence-corrected chi connectivity index (χ2v) is 7.35. The molecule has 0 saturated carbocycles. The number of hydrazone groups is 1. The van der Waals surface area contributed by atoms with Gasteiger partial charge in [0.25, 0.3) is 0 Å². The summed E-state index contributed by atoms with van der Waals surface area (Å²) in [5.74, 6) is -0.00935. The van der Waals surface area contributed by atoms with E-state index in [1.807, 2.05) is 31.2 Å². The van der Waals surface area contributed by atoms with Crippen LogP contribution in [0.5, 0.6) is 0 Å². The van der Waals surface area contributed by atoms with Crippen LogP contribution in [0.15, 0.2) is 29.4 Å². The van der Waals surface area contributed by atoms with Crippen molar-refractivity contribution in [1.82, 2.24) is 5.43 Å². The summed E-state index contributed by atoms with van der Waals surface area (Å²) in [6.07, 6.45) is 2.38. The molecule has 1 aliphatic heterocycles. The first-order valence-electron chi connectivity index (χ1n) is 6.54. The number of rotatable bonds is 4. The highest BCUT2D eigenvalue weighted by molar-refractivity contribution is 7.91. The van der Waals surface area contributed by atoms with Crippen molar-refractivity contribution in [3.8, 4) is 0 Å². The predicted octanol–water partition coefficient (Wildman–Crippen LogP) is 1.27. The second kappa shape index (κ2) is 6.17. The zero-order chi connectivity index (χ0) is 14.6. The summed E-state index contributed by atoms with van der Waals surface area (Å²) < 4.78 is 22.6. The number of carbonyl (C=O) groups is 1. The molecule has 20 heavy (non-hydrogen) atoms. The average molecular weight is 294 g/mol. The molecule has 6 heteroatoms. The van der Waals surface area contributed by atoms with Crippen molar-refractivity contribution in [3.05, 3.63) is 35.4 Å². The minimum Gasteiger partial charge on any atom is -0.273 e. The quantitative estimate of drug-likeness (QED) is 0.671. The molecule has 1 aromatic carbocycles. The van der Waals surface area contributed by atoms with Gasteiger partial charge >= 0.3 is 0 Å². The van der Waals surface area contributed by atoms with E-state index < -0.39 is 9.84 Å². The van der Waals surface area contributed by atoms with Gasteiger partial charge in [0.15, 0.2) is 9.84 Å². The monoisotopic (exact) mass is 294 g/mol. The van der Waals surface area contributed by atoms with E-state index in [2.05, 4.69) is 10.5 Å². The number of benzene rings is 1. The van der Waals surface area contributed by atoms with Gasteiger partial charge in [-0.15, -0.1) is 0 Å². The summed E-state index contributed by atoms with van der Waals surface area (Å²) >= 11 is 0. The molecule has 1 aliphatic rings. The van der Waals surface area contributed by atoms with E-state index in [-0.39, 0.29) is 29.8 Å². The highest BCUT2D eigenvalue weighted by Crippen LogP contribution is 2.21. The van der Waals surface area contributed by atoms with E-state index in [1.165, 1.54) is 0 Å². The third-order valence-electron chi connectivity index (χ3n) is 3.38. The first-order chi connectivity index (χ1) is 9.46. The van der Waals surface area contributed by atoms with Crippen LogP contribution >= 0.6 is 0 Å². The van der Waals surface area contributed by atoms with Gasteiger partial charge in [0.2, 0.25) is 5.91 Å². The normalized spacial score (nSPS) is 21.1. The number of sulfone groups is 1. The fourth-order valence-corrected chi connectivity index (χ4v) is 4.11. The highest BCUT2D eigenvalue weighted by Gasteiger charge is 2.29. The van der Waals surface area contributed by atoms with Crippen molar-refractivity contribution in [1.29, 1.82) is 0 Å². The average Bonchev–Trinajstić information content (AvgIpc) is 2.71. The van der Waals surface area contributed by atoms with Gasteiger partial charge in [-0.2, -0.15) is 5.10 Å². The summed E-state index contributed by atoms with van der Waals surface area (Å²) in [7, 11) is -2.93. The second-order valence-electron chi connectivity index (χ2n) is 5.12. The van der Waals surface area contributed by atoms with Crippen molar-refractivity contribution in [2.75, 3.05) is 11.5 Å². The maximum atomic E-state index is 11.7. The van der Waals surface area contributed by atoms with Crippen molar-refractivity contribution >= 4 is 22.0 Å². The van der Waals surface area contributed by atoms with Gasteiger partial charge < -0.3 is 0 Å². The Bertz CT molecular complexity index is 623. The van der Waals surface area contributed by atoms with Crippen molar-refractivity contribution < 1.29 is 13.2 Å². The van der Waals surface area contributed by atoms with Crippen molar-refractivity contribution in [2.24, 2.45) is 11.0 Å². The first kappa shape index (κ1) is 14.7. The number of nitrogens with one attached hydrogen (secondary N) is 1. The Labute approximate surface area is 119 Å². The van der Waals surface area contributed by atoms with Crippen LogP contribution in [0.2, 0.25) is 0 Å². The molecule has 2 rings (SSSR count). The molecular formula is C14H18N2O3S. The van der Waals surface area contributed by atoms with Crippen LogP contribution < -0.4 is 5.43 Å². The van der Waals surface area contributed by atoms with Crippen LogP contribution in [0.1, 0.15) is 24.0 Å². The van der Waals surface area contributed by atoms with E-state index in [0.717, 1.165) is 11.1 Å². The first-order valence-corrected chi connectivity index (χ1v) is 8.36. The Morgan fingerprint density at radius 3 is 2.85 bits per heavy atom. The molecule has 108 valence electrons. The van der Waals surface area contributed by atoms with Gasteiger partial charge in [-0.1, -0.05) is 24.3 Å². The van der Waals surface area contributed by atoms with Crippen LogP contribution in [0, 0.1) is 12.8 Å². The number of hydrogen-bond donors (Lipinski definition) is 1. The standard InChI is InChI=1S/C14H18N2O3S/c1-11-4-2-3-5-13(11)9-15-16-14(17)8-12-6-7-20(18,19)10-12/h2-5,9,12H,6-8,10H2,1H3,(H,16,17)/b15-9-/t12-/m0/s1. The van der Waals surface area contributed by atoms with Crippen LogP contribution in [0.25, 0.3) is 0 Å². The Kier molecular flexibility index (Phi) is 4.54. The summed E-state index contributed by atoms with van der Waals surface area (Å²) in [4.78, 5) is 11.7. The largest absolute Gasteiger partial charge is 0.273 e. The highest BCUT2D eigenvalue weighted by atomic mass is 32.2. The molecule has 1 N–H and O–H groups in total. The van der Waals surface area contributed by atoms with Gasteiger partial charge in [-0.25, -0.2) is 13.8 Å². The van der Waals surface area contributed by atoms with E-state index in [0.29, 0.717) is 6.42 Å². The summed E-state index contributed by atoms with van der Waals surface area (Å²) in [6.45, 7) is 1.96. The summed E-state index contributed by atoms with van der Waals surface area (Å²) in [6, 6.07) is 7.71. The predicted molar refractivity (Wildman–Crippen MR) is 78.3 cm³/mol. The molecule has 0 aromatic heterocycles. The maximum Gasteiger partial charge on any atom is 0.240 e. The molecule has 0 bridgehead atoms. The van der Waals surface area contributed by atoms with Gasteiger partial charge in [0.05, 0.1) is 17.7 Å². The third-order valence-corrected chi connectivity index (χ3v) is 5.22. The van der Waals surface area contributed by atoms with Gasteiger partial charge in [0, 0.05) is 6.42 Å². The molecule has 1 heterocycles. The number of nitrogens with zero attached hydrogens (tertiary/aromatic N) is 1. The van der Waals surface area contributed by atoms with Gasteiger partial charge in [0.1, 0.15) is 0 Å². The lowest BCUT2D eigenvalue weighted by atomic mass is 10.1. The van der Waals surface area contributed by atoms with E-state index >= 15 is 0 Å². The van der Waals surface area contributed by atoms with E-state index in [1.54, 1.807) is 6.21 Å². The summed E-state index contributed by atoms with van der Waals surface area (Å²) in [5.41, 5.74) is 4.47. The molecule has 1 atom stereocenters. The Morgan fingerprint density at radius 1 is 1.45 bits per heavy atom. The minimum absolute atomic E-state index is 0.0753. The lowest BCUT2D eigenvalue weighted by molar-refractivity contribution is -0.121. The molecule has 0 aliphatic carbocycles. The molecule has 1 aromatic rings. The topological polar surface area (TPSA) is 75.6 Å². The van der Waals surface area contributed by atoms with E-state index in [4.69, 9.17) is 0 Å². The zero-order valence-electron chi connectivity index (χ0n) is 11.4. The molecule has 1 amide bonds. The third kappa shape index (κ3) is 4.16. The Balaban J connectivity index is 1.83. The smallest absolute Gasteiger partial charge is 0.240 e. The SMILES string of the molecule is Cc1ccccc1/C=N\NC(=O)C[C@@H]1CCS(=O)(=O)C1. The number of hydrogen-bond acceptors (Lipinski definition) is 4. The Morgan fingerprint density at radius 2 is 2.20 bits per heavy atom. The van der Waals surface area contributed by atoms with Gasteiger partial charge in [-0.05, 0) is 30.4 Å². The van der Waals surface area contributed by atoms with Crippen LogP contribution in [-0.2, 0) is 14.6 Å². The fourth-order valence-electron chi connectivity index (χ4n) is 2.25. The molecule has 0 radical (unpaired) electrons. The van der Waals surface area contributed by atoms with Gasteiger partial charge in [-0.3, -0.25) is 4.79 Å². The molecule has 5 nitrogen and oxygen atoms in total. The zero-order valence-corrected chi connectivity index (χ0v) is 12.2.